The van der Waals surface area contributed by atoms with Gasteiger partial charge in [0.1, 0.15) is 13.0 Å². The lowest BCUT2D eigenvalue weighted by Crippen LogP contribution is -2.55. The molecule has 0 radical (unpaired) electrons. The van der Waals surface area contributed by atoms with E-state index < -0.39 is 41.7 Å². The number of hydrogen-bond donors (Lipinski definition) is 0. The highest BCUT2D eigenvalue weighted by molar-refractivity contribution is 6.14. The Hall–Kier alpha value is -3.30. The zero-order valence-corrected chi connectivity index (χ0v) is 13.3. The lowest BCUT2D eigenvalue weighted by Gasteiger charge is -2.32. The molecule has 0 aromatic heterocycles. The minimum Gasteiger partial charge on any atom is -0.465 e. The number of esters is 1. The maximum absolute atomic E-state index is 12.4. The van der Waals surface area contributed by atoms with Crippen LogP contribution in [0.4, 0.5) is 10.5 Å². The summed E-state index contributed by atoms with van der Waals surface area (Å²) >= 11 is 0. The minimum atomic E-state index is -0.958. The number of amides is 4. The first-order valence-electron chi connectivity index (χ1n) is 7.37. The second-order valence-electron chi connectivity index (χ2n) is 5.15. The number of non-ortho nitro benzene ring substituents is 1. The number of carbonyl (C=O) groups excluding carboxylic acids is 4. The minimum absolute atomic E-state index is 0.0887. The SMILES string of the molecule is CCOC(=O)CN1C(=O)CC(=O)N(Cc2cccc([N+](=O)[O-])c2)C1=O. The van der Waals surface area contributed by atoms with E-state index in [1.807, 2.05) is 0 Å². The standard InChI is InChI=1S/C15H15N3O7/c1-2-25-14(21)9-17-13(20)7-12(19)16(15(17)22)8-10-4-3-5-11(6-10)18(23)24/h3-6H,2,7-9H2,1H3. The Kier molecular flexibility index (Phi) is 5.42. The Balaban J connectivity index is 2.19. The number of benzene rings is 1. The molecule has 10 nitrogen and oxygen atoms in total. The number of rotatable bonds is 6. The molecule has 0 bridgehead atoms. The van der Waals surface area contributed by atoms with Gasteiger partial charge in [-0.1, -0.05) is 12.1 Å². The summed E-state index contributed by atoms with van der Waals surface area (Å²) in [7, 11) is 0. The van der Waals surface area contributed by atoms with E-state index in [1.54, 1.807) is 6.92 Å². The van der Waals surface area contributed by atoms with Crippen molar-refractivity contribution in [2.24, 2.45) is 0 Å². The maximum Gasteiger partial charge on any atom is 0.334 e. The largest absolute Gasteiger partial charge is 0.465 e. The number of ether oxygens (including phenoxy) is 1. The predicted octanol–water partition coefficient (Wildman–Crippen LogP) is 0.839. The van der Waals surface area contributed by atoms with Crippen LogP contribution in [0.2, 0.25) is 0 Å². The van der Waals surface area contributed by atoms with E-state index in [1.165, 1.54) is 24.3 Å². The monoisotopic (exact) mass is 349 g/mol. The summed E-state index contributed by atoms with van der Waals surface area (Å²) in [4.78, 5) is 59.4. The van der Waals surface area contributed by atoms with E-state index in [9.17, 15) is 29.3 Å². The van der Waals surface area contributed by atoms with Crippen LogP contribution in [0.5, 0.6) is 0 Å². The van der Waals surface area contributed by atoms with E-state index in [0.717, 1.165) is 4.90 Å². The Morgan fingerprint density at radius 1 is 1.24 bits per heavy atom. The molecule has 1 aliphatic heterocycles. The van der Waals surface area contributed by atoms with Crippen LogP contribution in [0, 0.1) is 10.1 Å². The molecule has 4 amide bonds. The maximum atomic E-state index is 12.4. The van der Waals surface area contributed by atoms with Gasteiger partial charge in [-0.2, -0.15) is 0 Å². The van der Waals surface area contributed by atoms with Crippen molar-refractivity contribution in [3.8, 4) is 0 Å². The van der Waals surface area contributed by atoms with Crippen LogP contribution >= 0.6 is 0 Å². The van der Waals surface area contributed by atoms with Crippen molar-refractivity contribution in [2.75, 3.05) is 13.2 Å². The molecule has 1 saturated heterocycles. The number of hydrogen-bond acceptors (Lipinski definition) is 7. The Morgan fingerprint density at radius 2 is 1.92 bits per heavy atom. The van der Waals surface area contributed by atoms with Crippen molar-refractivity contribution in [1.82, 2.24) is 9.80 Å². The molecule has 0 atom stereocenters. The van der Waals surface area contributed by atoms with Crippen molar-refractivity contribution in [1.29, 1.82) is 0 Å². The summed E-state index contributed by atoms with van der Waals surface area (Å²) < 4.78 is 4.70. The molecule has 132 valence electrons. The van der Waals surface area contributed by atoms with Crippen LogP contribution < -0.4 is 0 Å². The molecule has 10 heteroatoms. The van der Waals surface area contributed by atoms with E-state index in [0.29, 0.717) is 10.5 Å². The topological polar surface area (TPSA) is 127 Å². The highest BCUT2D eigenvalue weighted by atomic mass is 16.6. The number of nitro benzene ring substituents is 1. The summed E-state index contributed by atoms with van der Waals surface area (Å²) in [6.07, 6.45) is -0.569. The lowest BCUT2D eigenvalue weighted by atomic mass is 10.1. The third kappa shape index (κ3) is 4.16. The molecule has 1 aromatic rings. The lowest BCUT2D eigenvalue weighted by molar-refractivity contribution is -0.384. The van der Waals surface area contributed by atoms with Gasteiger partial charge in [-0.3, -0.25) is 34.3 Å². The van der Waals surface area contributed by atoms with Crippen molar-refractivity contribution < 1.29 is 28.8 Å². The van der Waals surface area contributed by atoms with Gasteiger partial charge in [0.05, 0.1) is 18.1 Å². The van der Waals surface area contributed by atoms with Gasteiger partial charge >= 0.3 is 12.0 Å². The molecule has 1 aliphatic rings. The van der Waals surface area contributed by atoms with Crippen LogP contribution in [0.1, 0.15) is 18.9 Å². The summed E-state index contributed by atoms with van der Waals surface area (Å²) in [5.41, 5.74) is 0.162. The van der Waals surface area contributed by atoms with Crippen molar-refractivity contribution >= 4 is 29.5 Å². The Bertz CT molecular complexity index is 746. The highest BCUT2D eigenvalue weighted by Crippen LogP contribution is 2.19. The van der Waals surface area contributed by atoms with Gasteiger partial charge < -0.3 is 4.74 Å². The average Bonchev–Trinajstić information content (AvgIpc) is 2.56. The molecule has 0 unspecified atom stereocenters. The molecule has 2 rings (SSSR count). The Morgan fingerprint density at radius 3 is 2.56 bits per heavy atom. The van der Waals surface area contributed by atoms with E-state index >= 15 is 0 Å². The fourth-order valence-electron chi connectivity index (χ4n) is 2.28. The van der Waals surface area contributed by atoms with Gasteiger partial charge in [0.2, 0.25) is 11.8 Å². The van der Waals surface area contributed by atoms with E-state index in [4.69, 9.17) is 4.74 Å². The van der Waals surface area contributed by atoms with Gasteiger partial charge in [-0.25, -0.2) is 4.79 Å². The third-order valence-corrected chi connectivity index (χ3v) is 3.42. The van der Waals surface area contributed by atoms with Crippen LogP contribution in [-0.2, 0) is 25.7 Å². The molecular formula is C15H15N3O7. The van der Waals surface area contributed by atoms with Crippen molar-refractivity contribution in [3.05, 3.63) is 39.9 Å². The zero-order chi connectivity index (χ0) is 18.6. The number of carbonyl (C=O) groups is 4. The van der Waals surface area contributed by atoms with E-state index in [2.05, 4.69) is 0 Å². The van der Waals surface area contributed by atoms with Gasteiger partial charge in [-0.15, -0.1) is 0 Å². The van der Waals surface area contributed by atoms with Crippen LogP contribution in [0.25, 0.3) is 0 Å². The summed E-state index contributed by atoms with van der Waals surface area (Å²) in [5, 5.41) is 10.8. The van der Waals surface area contributed by atoms with E-state index in [-0.39, 0.29) is 18.8 Å². The molecule has 1 fully saturated rings. The Labute approximate surface area is 142 Å². The number of nitrogens with zero attached hydrogens (tertiary/aromatic N) is 3. The van der Waals surface area contributed by atoms with Gasteiger partial charge in [-0.05, 0) is 12.5 Å². The van der Waals surface area contributed by atoms with Crippen LogP contribution in [0.15, 0.2) is 24.3 Å². The number of barbiturate groups is 1. The normalized spacial score (nSPS) is 14.7. The molecule has 0 saturated carbocycles. The summed E-state index contributed by atoms with van der Waals surface area (Å²) in [6, 6.07) is 4.49. The molecule has 0 spiro atoms. The molecule has 0 aliphatic carbocycles. The number of nitro groups is 1. The highest BCUT2D eigenvalue weighted by Gasteiger charge is 2.39. The smallest absolute Gasteiger partial charge is 0.334 e. The van der Waals surface area contributed by atoms with Gasteiger partial charge in [0.25, 0.3) is 5.69 Å². The summed E-state index contributed by atoms with van der Waals surface area (Å²) in [6.45, 7) is 0.831. The average molecular weight is 349 g/mol. The van der Waals surface area contributed by atoms with Crippen molar-refractivity contribution in [3.63, 3.8) is 0 Å². The van der Waals surface area contributed by atoms with Crippen LogP contribution in [0.3, 0.4) is 0 Å². The number of imide groups is 2. The fourth-order valence-corrected chi connectivity index (χ4v) is 2.28. The quantitative estimate of drug-likeness (QED) is 0.322. The predicted molar refractivity (Wildman–Crippen MR) is 82.0 cm³/mol. The molecule has 1 aromatic carbocycles. The first kappa shape index (κ1) is 18.0. The molecule has 0 N–H and O–H groups in total. The van der Waals surface area contributed by atoms with Gasteiger partial charge in [0.15, 0.2) is 0 Å². The van der Waals surface area contributed by atoms with Gasteiger partial charge in [0, 0.05) is 12.1 Å². The first-order chi connectivity index (χ1) is 11.8. The number of urea groups is 1. The first-order valence-corrected chi connectivity index (χ1v) is 7.37. The van der Waals surface area contributed by atoms with Crippen molar-refractivity contribution in [2.45, 2.75) is 19.9 Å². The summed E-state index contributed by atoms with van der Waals surface area (Å²) in [5.74, 6) is -2.30. The molecule has 25 heavy (non-hydrogen) atoms. The van der Waals surface area contributed by atoms with Crippen LogP contribution in [-0.4, -0.2) is 51.7 Å². The second kappa shape index (κ2) is 7.51. The second-order valence-corrected chi connectivity index (χ2v) is 5.15. The third-order valence-electron chi connectivity index (χ3n) is 3.42. The molecule has 1 heterocycles. The fraction of sp³-hybridized carbons (Fsp3) is 0.333. The molecular weight excluding hydrogens is 334 g/mol. The zero-order valence-electron chi connectivity index (χ0n) is 13.3.